The zero-order valence-corrected chi connectivity index (χ0v) is 10.4. The highest BCUT2D eigenvalue weighted by Gasteiger charge is 2.19. The molecule has 1 aromatic carbocycles. The van der Waals surface area contributed by atoms with Crippen LogP contribution < -0.4 is 4.72 Å². The first kappa shape index (κ1) is 13.1. The summed E-state index contributed by atoms with van der Waals surface area (Å²) in [6, 6.07) is 5.48. The second kappa shape index (κ2) is 4.93. The van der Waals surface area contributed by atoms with Crippen LogP contribution in [0, 0.1) is 5.82 Å². The fourth-order valence-electron chi connectivity index (χ4n) is 1.23. The minimum absolute atomic E-state index is 0.368. The highest BCUT2D eigenvalue weighted by molar-refractivity contribution is 7.90. The maximum atomic E-state index is 12.9. The number of benzene rings is 1. The number of halogens is 1. The van der Waals surface area contributed by atoms with E-state index in [1.165, 1.54) is 12.1 Å². The largest absolute Gasteiger partial charge is 0.214 e. The van der Waals surface area contributed by atoms with Gasteiger partial charge < -0.3 is 0 Å². The van der Waals surface area contributed by atoms with E-state index in [4.69, 9.17) is 0 Å². The number of sulfonamides is 1. The van der Waals surface area contributed by atoms with Gasteiger partial charge in [0.1, 0.15) is 5.82 Å². The summed E-state index contributed by atoms with van der Waals surface area (Å²) in [5.41, 5.74) is 0.615. The monoisotopic (exact) mass is 245 g/mol. The van der Waals surface area contributed by atoms with E-state index in [0.29, 0.717) is 5.56 Å². The van der Waals surface area contributed by atoms with Crippen LogP contribution in [0.1, 0.15) is 32.4 Å². The van der Waals surface area contributed by atoms with Crippen molar-refractivity contribution in [2.24, 2.45) is 0 Å². The Morgan fingerprint density at radius 1 is 1.25 bits per heavy atom. The molecule has 1 aromatic rings. The van der Waals surface area contributed by atoms with Crippen molar-refractivity contribution in [3.63, 3.8) is 0 Å². The summed E-state index contributed by atoms with van der Waals surface area (Å²) in [6.45, 7) is 4.88. The Kier molecular flexibility index (Phi) is 4.04. The normalized spacial score (nSPS) is 14.1. The molecule has 0 fully saturated rings. The molecule has 0 aromatic heterocycles. The third-order valence-electron chi connectivity index (χ3n) is 2.31. The van der Waals surface area contributed by atoms with Gasteiger partial charge in [-0.25, -0.2) is 17.5 Å². The Morgan fingerprint density at radius 2 is 1.88 bits per heavy atom. The summed E-state index contributed by atoms with van der Waals surface area (Å²) >= 11 is 0. The standard InChI is InChI=1S/C11H16FNO2S/c1-8(2)16(14,15)13-9(3)10-5-4-6-11(12)7-10/h4-9,13H,1-3H3/t9-/m1/s1. The number of nitrogens with one attached hydrogen (secondary N) is 1. The Morgan fingerprint density at radius 3 is 2.38 bits per heavy atom. The molecule has 0 unspecified atom stereocenters. The fourth-order valence-corrected chi connectivity index (χ4v) is 2.13. The molecule has 5 heteroatoms. The second-order valence-electron chi connectivity index (χ2n) is 3.99. The smallest absolute Gasteiger partial charge is 0.212 e. The molecule has 1 rings (SSSR count). The maximum absolute atomic E-state index is 12.9. The molecule has 0 aliphatic heterocycles. The quantitative estimate of drug-likeness (QED) is 0.884. The van der Waals surface area contributed by atoms with Crippen molar-refractivity contribution >= 4 is 10.0 Å². The Bertz CT molecular complexity index is 457. The fraction of sp³-hybridized carbons (Fsp3) is 0.455. The molecule has 1 N–H and O–H groups in total. The van der Waals surface area contributed by atoms with Gasteiger partial charge in [0.2, 0.25) is 10.0 Å². The topological polar surface area (TPSA) is 46.2 Å². The van der Waals surface area contributed by atoms with Crippen LogP contribution in [0.4, 0.5) is 4.39 Å². The lowest BCUT2D eigenvalue weighted by Crippen LogP contribution is -2.32. The van der Waals surface area contributed by atoms with Gasteiger partial charge in [-0.1, -0.05) is 12.1 Å². The van der Waals surface area contributed by atoms with E-state index in [2.05, 4.69) is 4.72 Å². The van der Waals surface area contributed by atoms with Crippen molar-refractivity contribution in [3.8, 4) is 0 Å². The van der Waals surface area contributed by atoms with Gasteiger partial charge in [-0.3, -0.25) is 0 Å². The molecule has 16 heavy (non-hydrogen) atoms. The van der Waals surface area contributed by atoms with Crippen LogP contribution in [0.5, 0.6) is 0 Å². The van der Waals surface area contributed by atoms with Crippen LogP contribution in [-0.2, 0) is 10.0 Å². The minimum atomic E-state index is -3.33. The number of rotatable bonds is 4. The molecule has 0 heterocycles. The number of hydrogen-bond donors (Lipinski definition) is 1. The van der Waals surface area contributed by atoms with Gasteiger partial charge in [-0.05, 0) is 38.5 Å². The first-order valence-electron chi connectivity index (χ1n) is 5.09. The maximum Gasteiger partial charge on any atom is 0.214 e. The highest BCUT2D eigenvalue weighted by Crippen LogP contribution is 2.15. The average molecular weight is 245 g/mol. The first-order chi connectivity index (χ1) is 7.33. The number of hydrogen-bond acceptors (Lipinski definition) is 2. The highest BCUT2D eigenvalue weighted by atomic mass is 32.2. The third-order valence-corrected chi connectivity index (χ3v) is 4.23. The van der Waals surface area contributed by atoms with Gasteiger partial charge >= 0.3 is 0 Å². The van der Waals surface area contributed by atoms with Crippen molar-refractivity contribution < 1.29 is 12.8 Å². The van der Waals surface area contributed by atoms with Crippen molar-refractivity contribution in [2.45, 2.75) is 32.1 Å². The van der Waals surface area contributed by atoms with Crippen molar-refractivity contribution in [1.29, 1.82) is 0 Å². The van der Waals surface area contributed by atoms with Crippen LogP contribution in [0.25, 0.3) is 0 Å². The van der Waals surface area contributed by atoms with Gasteiger partial charge in [0.05, 0.1) is 5.25 Å². The summed E-state index contributed by atoms with van der Waals surface area (Å²) in [5, 5.41) is -0.497. The van der Waals surface area contributed by atoms with E-state index >= 15 is 0 Å². The van der Waals surface area contributed by atoms with E-state index in [9.17, 15) is 12.8 Å². The van der Waals surface area contributed by atoms with Crippen LogP contribution in [0.15, 0.2) is 24.3 Å². The van der Waals surface area contributed by atoms with Crippen molar-refractivity contribution in [3.05, 3.63) is 35.6 Å². The van der Waals surface area contributed by atoms with E-state index in [1.54, 1.807) is 32.9 Å². The molecule has 0 aliphatic carbocycles. The Balaban J connectivity index is 2.85. The predicted molar refractivity (Wildman–Crippen MR) is 62.0 cm³/mol. The molecule has 0 saturated carbocycles. The first-order valence-corrected chi connectivity index (χ1v) is 6.64. The second-order valence-corrected chi connectivity index (χ2v) is 6.26. The van der Waals surface area contributed by atoms with Gasteiger partial charge in [0.15, 0.2) is 0 Å². The summed E-state index contributed by atoms with van der Waals surface area (Å²) in [4.78, 5) is 0. The van der Waals surface area contributed by atoms with E-state index in [1.807, 2.05) is 0 Å². The molecule has 3 nitrogen and oxygen atoms in total. The molecule has 0 spiro atoms. The van der Waals surface area contributed by atoms with Gasteiger partial charge in [-0.2, -0.15) is 0 Å². The Labute approximate surface area is 95.7 Å². The van der Waals surface area contributed by atoms with Crippen LogP contribution in [-0.4, -0.2) is 13.7 Å². The molecule has 1 atom stereocenters. The molecule has 0 amide bonds. The van der Waals surface area contributed by atoms with Crippen LogP contribution in [0.2, 0.25) is 0 Å². The summed E-state index contributed by atoms with van der Waals surface area (Å²) in [7, 11) is -3.33. The van der Waals surface area contributed by atoms with E-state index < -0.39 is 21.3 Å². The summed E-state index contributed by atoms with van der Waals surface area (Å²) < 4.78 is 38.6. The summed E-state index contributed by atoms with van der Waals surface area (Å²) in [6.07, 6.45) is 0. The lowest BCUT2D eigenvalue weighted by Gasteiger charge is -2.16. The van der Waals surface area contributed by atoms with Gasteiger partial charge in [0.25, 0.3) is 0 Å². The molecule has 0 aliphatic rings. The molecule has 0 saturated heterocycles. The van der Waals surface area contributed by atoms with E-state index in [-0.39, 0.29) is 5.82 Å². The predicted octanol–water partition coefficient (Wildman–Crippen LogP) is 2.21. The molecule has 0 bridgehead atoms. The van der Waals surface area contributed by atoms with Crippen LogP contribution >= 0.6 is 0 Å². The summed E-state index contributed by atoms with van der Waals surface area (Å²) in [5.74, 6) is -0.368. The minimum Gasteiger partial charge on any atom is -0.212 e. The lowest BCUT2D eigenvalue weighted by atomic mass is 10.1. The van der Waals surface area contributed by atoms with Crippen molar-refractivity contribution in [2.75, 3.05) is 0 Å². The molecular weight excluding hydrogens is 229 g/mol. The molecular formula is C11H16FNO2S. The van der Waals surface area contributed by atoms with Gasteiger partial charge in [0, 0.05) is 6.04 Å². The van der Waals surface area contributed by atoms with Gasteiger partial charge in [-0.15, -0.1) is 0 Å². The average Bonchev–Trinajstić information content (AvgIpc) is 2.16. The third kappa shape index (κ3) is 3.28. The van der Waals surface area contributed by atoms with Crippen LogP contribution in [0.3, 0.4) is 0 Å². The van der Waals surface area contributed by atoms with E-state index in [0.717, 1.165) is 0 Å². The molecule has 0 radical (unpaired) electrons. The zero-order chi connectivity index (χ0) is 12.3. The Hall–Kier alpha value is -0.940. The SMILES string of the molecule is CC(C)S(=O)(=O)N[C@H](C)c1cccc(F)c1. The van der Waals surface area contributed by atoms with Crippen molar-refractivity contribution in [1.82, 2.24) is 4.72 Å². The lowest BCUT2D eigenvalue weighted by molar-refractivity contribution is 0.556. The molecule has 90 valence electrons. The zero-order valence-electron chi connectivity index (χ0n) is 9.57.